The van der Waals surface area contributed by atoms with Crippen molar-refractivity contribution in [2.24, 2.45) is 5.92 Å². The van der Waals surface area contributed by atoms with Crippen molar-refractivity contribution in [1.29, 1.82) is 0 Å². The normalized spacial score (nSPS) is 12.6. The Bertz CT molecular complexity index is 613. The van der Waals surface area contributed by atoms with Crippen LogP contribution in [0.15, 0.2) is 17.1 Å². The molecular weight excluding hydrogens is 324 g/mol. The molecule has 140 valence electrons. The number of amides is 1. The molecule has 0 spiro atoms. The molecule has 1 amide bonds. The van der Waals surface area contributed by atoms with Gasteiger partial charge in [0.1, 0.15) is 17.4 Å². The lowest BCUT2D eigenvalue weighted by molar-refractivity contribution is 0.0478. The highest BCUT2D eigenvalue weighted by atomic mass is 16.6. The highest BCUT2D eigenvalue weighted by molar-refractivity contribution is 5.88. The molecule has 1 aromatic rings. The summed E-state index contributed by atoms with van der Waals surface area (Å²) in [7, 11) is 1.28. The molecule has 0 aliphatic carbocycles. The lowest BCUT2D eigenvalue weighted by Crippen LogP contribution is -2.37. The van der Waals surface area contributed by atoms with Gasteiger partial charge in [-0.25, -0.2) is 14.6 Å². The number of allylic oxidation sites excluding steroid dienone is 1. The number of hydrogen-bond acceptors (Lipinski definition) is 6. The van der Waals surface area contributed by atoms with Gasteiger partial charge in [0, 0.05) is 6.42 Å². The van der Waals surface area contributed by atoms with Crippen LogP contribution >= 0.6 is 0 Å². The molecule has 1 unspecified atom stereocenters. The molecule has 1 N–H and O–H groups in total. The number of hydrogen-bond donors (Lipinski definition) is 1. The van der Waals surface area contributed by atoms with E-state index in [9.17, 15) is 9.59 Å². The fraction of sp³-hybridized carbons (Fsp3) is 0.611. The summed E-state index contributed by atoms with van der Waals surface area (Å²) < 4.78 is 15.8. The Morgan fingerprint density at radius 1 is 1.36 bits per heavy atom. The van der Waals surface area contributed by atoms with E-state index < -0.39 is 23.7 Å². The third-order valence-electron chi connectivity index (χ3n) is 3.27. The summed E-state index contributed by atoms with van der Waals surface area (Å²) in [4.78, 5) is 28.3. The Hall–Kier alpha value is -2.31. The van der Waals surface area contributed by atoms with Gasteiger partial charge in [-0.05, 0) is 33.1 Å². The Morgan fingerprint density at radius 3 is 2.48 bits per heavy atom. The average Bonchev–Trinajstić information content (AvgIpc) is 2.91. The van der Waals surface area contributed by atoms with E-state index in [-0.39, 0.29) is 17.5 Å². The van der Waals surface area contributed by atoms with Crippen molar-refractivity contribution in [2.75, 3.05) is 7.11 Å². The van der Waals surface area contributed by atoms with Crippen molar-refractivity contribution in [3.05, 3.63) is 30.0 Å². The number of rotatable bonds is 7. The summed E-state index contributed by atoms with van der Waals surface area (Å²) in [5.41, 5.74) is -0.495. The van der Waals surface area contributed by atoms with Crippen LogP contribution < -0.4 is 5.32 Å². The quantitative estimate of drug-likeness (QED) is 0.593. The van der Waals surface area contributed by atoms with Gasteiger partial charge in [0.25, 0.3) is 0 Å². The molecule has 0 bridgehead atoms. The van der Waals surface area contributed by atoms with Crippen LogP contribution in [0.3, 0.4) is 0 Å². The van der Waals surface area contributed by atoms with Crippen LogP contribution in [0.5, 0.6) is 0 Å². The molecule has 0 fully saturated rings. The van der Waals surface area contributed by atoms with Gasteiger partial charge in [0.15, 0.2) is 5.69 Å². The number of esters is 1. The van der Waals surface area contributed by atoms with E-state index in [1.807, 2.05) is 13.8 Å². The van der Waals surface area contributed by atoms with Gasteiger partial charge in [-0.2, -0.15) is 0 Å². The number of carbonyl (C=O) groups excluding carboxylic acids is 2. The number of aromatic nitrogens is 1. The van der Waals surface area contributed by atoms with Crippen LogP contribution in [0.4, 0.5) is 4.79 Å². The number of nitrogens with one attached hydrogen (secondary N) is 1. The Labute approximate surface area is 148 Å². The minimum atomic E-state index is -0.617. The number of nitrogens with zero attached hydrogens (tertiary/aromatic N) is 1. The molecule has 7 nitrogen and oxygen atoms in total. The SMILES string of the molecule is C=CCCc1oc(C(NC(=O)OC(C)(C)C)C(C)C)nc1C(=O)OC. The monoisotopic (exact) mass is 352 g/mol. The number of oxazole rings is 1. The van der Waals surface area contributed by atoms with E-state index in [2.05, 4.69) is 16.9 Å². The topological polar surface area (TPSA) is 90.7 Å². The summed E-state index contributed by atoms with van der Waals surface area (Å²) in [6.07, 6.45) is 2.25. The van der Waals surface area contributed by atoms with Crippen molar-refractivity contribution in [3.8, 4) is 0 Å². The Kier molecular flexibility index (Phi) is 7.21. The fourth-order valence-corrected chi connectivity index (χ4v) is 2.11. The molecular formula is C18H28N2O5. The highest BCUT2D eigenvalue weighted by Gasteiger charge is 2.29. The van der Waals surface area contributed by atoms with Gasteiger partial charge in [-0.3, -0.25) is 0 Å². The minimum Gasteiger partial charge on any atom is -0.464 e. The van der Waals surface area contributed by atoms with Gasteiger partial charge >= 0.3 is 12.1 Å². The molecule has 0 saturated heterocycles. The van der Waals surface area contributed by atoms with Gasteiger partial charge in [-0.15, -0.1) is 6.58 Å². The number of carbonyl (C=O) groups is 2. The molecule has 0 saturated carbocycles. The number of aryl methyl sites for hydroxylation is 1. The predicted molar refractivity (Wildman–Crippen MR) is 93.3 cm³/mol. The zero-order valence-corrected chi connectivity index (χ0v) is 15.8. The fourth-order valence-electron chi connectivity index (χ4n) is 2.11. The second kappa shape index (κ2) is 8.69. The maximum atomic E-state index is 12.1. The minimum absolute atomic E-state index is 0.0241. The van der Waals surface area contributed by atoms with E-state index in [0.717, 1.165) is 0 Å². The smallest absolute Gasteiger partial charge is 0.408 e. The summed E-state index contributed by atoms with van der Waals surface area (Å²) in [6, 6.07) is -0.532. The molecule has 0 aromatic carbocycles. The third kappa shape index (κ3) is 6.25. The molecule has 1 aromatic heterocycles. The van der Waals surface area contributed by atoms with E-state index in [1.54, 1.807) is 26.8 Å². The Morgan fingerprint density at radius 2 is 2.00 bits per heavy atom. The number of ether oxygens (including phenoxy) is 2. The van der Waals surface area contributed by atoms with Crippen LogP contribution in [0.1, 0.15) is 69.2 Å². The maximum Gasteiger partial charge on any atom is 0.408 e. The Balaban J connectivity index is 3.10. The molecule has 0 aliphatic rings. The molecule has 1 atom stereocenters. The van der Waals surface area contributed by atoms with E-state index in [0.29, 0.717) is 18.6 Å². The van der Waals surface area contributed by atoms with Crippen molar-refractivity contribution < 1.29 is 23.5 Å². The maximum absolute atomic E-state index is 12.1. The zero-order chi connectivity index (χ0) is 19.2. The molecule has 7 heteroatoms. The van der Waals surface area contributed by atoms with E-state index in [4.69, 9.17) is 13.9 Å². The number of methoxy groups -OCH3 is 1. The first-order valence-electron chi connectivity index (χ1n) is 8.27. The molecule has 0 radical (unpaired) electrons. The lowest BCUT2D eigenvalue weighted by Gasteiger charge is -2.24. The first kappa shape index (κ1) is 20.7. The zero-order valence-electron chi connectivity index (χ0n) is 15.8. The largest absolute Gasteiger partial charge is 0.464 e. The molecule has 25 heavy (non-hydrogen) atoms. The first-order chi connectivity index (χ1) is 11.6. The van der Waals surface area contributed by atoms with Crippen LogP contribution in [0.2, 0.25) is 0 Å². The van der Waals surface area contributed by atoms with Gasteiger partial charge in [-0.1, -0.05) is 19.9 Å². The van der Waals surface area contributed by atoms with Crippen LogP contribution in [0.25, 0.3) is 0 Å². The van der Waals surface area contributed by atoms with Crippen LogP contribution in [-0.4, -0.2) is 29.8 Å². The third-order valence-corrected chi connectivity index (χ3v) is 3.27. The van der Waals surface area contributed by atoms with Gasteiger partial charge in [0.05, 0.1) is 7.11 Å². The standard InChI is InChI=1S/C18H28N2O5/c1-8-9-10-12-14(16(21)23-7)19-15(24-12)13(11(2)3)20-17(22)25-18(4,5)6/h8,11,13H,1,9-10H2,2-7H3,(H,20,22). The van der Waals surface area contributed by atoms with Gasteiger partial charge < -0.3 is 19.2 Å². The average molecular weight is 352 g/mol. The summed E-state index contributed by atoms with van der Waals surface area (Å²) >= 11 is 0. The molecule has 1 heterocycles. The van der Waals surface area contributed by atoms with E-state index in [1.165, 1.54) is 7.11 Å². The number of alkyl carbamates (subject to hydrolysis) is 1. The second-order valence-electron chi connectivity index (χ2n) is 7.01. The molecule has 0 aliphatic heterocycles. The molecule has 1 rings (SSSR count). The van der Waals surface area contributed by atoms with E-state index >= 15 is 0 Å². The van der Waals surface area contributed by atoms with Crippen LogP contribution in [-0.2, 0) is 15.9 Å². The van der Waals surface area contributed by atoms with Crippen LogP contribution in [0, 0.1) is 5.92 Å². The lowest BCUT2D eigenvalue weighted by atomic mass is 10.0. The van der Waals surface area contributed by atoms with Gasteiger partial charge in [0.2, 0.25) is 5.89 Å². The predicted octanol–water partition coefficient (Wildman–Crippen LogP) is 3.80. The summed E-state index contributed by atoms with van der Waals surface area (Å²) in [5, 5.41) is 2.75. The highest BCUT2D eigenvalue weighted by Crippen LogP contribution is 2.25. The van der Waals surface area contributed by atoms with Crippen molar-refractivity contribution >= 4 is 12.1 Å². The summed E-state index contributed by atoms with van der Waals surface area (Å²) in [6.45, 7) is 12.8. The summed E-state index contributed by atoms with van der Waals surface area (Å²) in [5.74, 6) is 0.0662. The first-order valence-corrected chi connectivity index (χ1v) is 8.27. The van der Waals surface area contributed by atoms with Crippen molar-refractivity contribution in [2.45, 2.75) is 59.1 Å². The van der Waals surface area contributed by atoms with Crippen molar-refractivity contribution in [3.63, 3.8) is 0 Å². The second-order valence-corrected chi connectivity index (χ2v) is 7.01. The van der Waals surface area contributed by atoms with Crippen molar-refractivity contribution in [1.82, 2.24) is 10.3 Å².